The molecular formula is C33H39FN4O4. The lowest BCUT2D eigenvalue weighted by atomic mass is 9.81. The van der Waals surface area contributed by atoms with Crippen LogP contribution < -0.4 is 15.0 Å². The van der Waals surface area contributed by atoms with E-state index >= 15 is 0 Å². The van der Waals surface area contributed by atoms with Crippen LogP contribution in [0.4, 0.5) is 4.39 Å². The number of nitrogens with zero attached hydrogens (tertiary/aromatic N) is 3. The number of aryl methyl sites for hydroxylation is 2. The van der Waals surface area contributed by atoms with E-state index in [9.17, 15) is 14.0 Å². The number of hydrogen-bond donors (Lipinski definition) is 1. The van der Waals surface area contributed by atoms with E-state index < -0.39 is 11.7 Å². The first kappa shape index (κ1) is 28.4. The number of aromatic amines is 1. The summed E-state index contributed by atoms with van der Waals surface area (Å²) in [6, 6.07) is 5.47. The van der Waals surface area contributed by atoms with E-state index in [0.29, 0.717) is 47.2 Å². The second-order valence-electron chi connectivity index (χ2n) is 12.5. The second-order valence-corrected chi connectivity index (χ2v) is 12.5. The van der Waals surface area contributed by atoms with Gasteiger partial charge < -0.3 is 24.3 Å². The first-order valence-corrected chi connectivity index (χ1v) is 14.8. The smallest absolute Gasteiger partial charge is 0.254 e. The van der Waals surface area contributed by atoms with Crippen LogP contribution in [0.1, 0.15) is 70.9 Å². The standard InChI is InChI=1S/C33H39FN4O4/c1-18-15-19(2)36-31(39)25(18)17-38-14-13-24-27(32(38)40)20(3)29-30(28(24)21-7-12-26(34)35-16-21)42-33(4,41-29)22-8-10-23(11-9-22)37(5)6/h7,12,15-16,22-23H,8-11,13-14,17H2,1-6H3,(H,36,39)/t22?,23?,33-/m0/s1. The number of nitrogens with one attached hydrogen (secondary N) is 1. The van der Waals surface area contributed by atoms with Crippen LogP contribution in [0.15, 0.2) is 29.2 Å². The molecule has 1 fully saturated rings. The molecule has 1 saturated carbocycles. The number of fused-ring (bicyclic) bond motifs is 2. The normalized spacial score (nSPS) is 23.4. The summed E-state index contributed by atoms with van der Waals surface area (Å²) in [5, 5.41) is 0. The third-order valence-electron chi connectivity index (χ3n) is 9.52. The Hall–Kier alpha value is -3.72. The van der Waals surface area contributed by atoms with E-state index in [4.69, 9.17) is 9.47 Å². The summed E-state index contributed by atoms with van der Waals surface area (Å²) in [6.07, 6.45) is 6.11. The second kappa shape index (κ2) is 10.5. The summed E-state index contributed by atoms with van der Waals surface area (Å²) in [7, 11) is 4.25. The first-order valence-electron chi connectivity index (χ1n) is 14.8. The lowest BCUT2D eigenvalue weighted by Gasteiger charge is -2.39. The summed E-state index contributed by atoms with van der Waals surface area (Å²) in [4.78, 5) is 37.7. The Morgan fingerprint density at radius 2 is 1.79 bits per heavy atom. The largest absolute Gasteiger partial charge is 0.448 e. The van der Waals surface area contributed by atoms with Crippen molar-refractivity contribution in [2.45, 2.75) is 78.2 Å². The molecule has 42 heavy (non-hydrogen) atoms. The molecule has 0 bridgehead atoms. The fraction of sp³-hybridized carbons (Fsp3) is 0.485. The highest BCUT2D eigenvalue weighted by Crippen LogP contribution is 2.55. The van der Waals surface area contributed by atoms with Gasteiger partial charge in [-0.1, -0.05) is 0 Å². The van der Waals surface area contributed by atoms with Gasteiger partial charge in [0.25, 0.3) is 17.3 Å². The molecule has 1 aliphatic carbocycles. The zero-order chi connectivity index (χ0) is 29.9. The number of ether oxygens (including phenoxy) is 2. The topological polar surface area (TPSA) is 87.8 Å². The minimum absolute atomic E-state index is 0.157. The van der Waals surface area contributed by atoms with Crippen LogP contribution in [0.2, 0.25) is 0 Å². The highest BCUT2D eigenvalue weighted by Gasteiger charge is 2.49. The molecule has 9 heteroatoms. The Labute approximate surface area is 245 Å². The van der Waals surface area contributed by atoms with Crippen molar-refractivity contribution in [3.63, 3.8) is 0 Å². The van der Waals surface area contributed by atoms with Crippen LogP contribution in [0, 0.1) is 32.6 Å². The predicted octanol–water partition coefficient (Wildman–Crippen LogP) is 5.31. The van der Waals surface area contributed by atoms with Crippen molar-refractivity contribution in [1.82, 2.24) is 19.8 Å². The maximum absolute atomic E-state index is 14.2. The van der Waals surface area contributed by atoms with Crippen molar-refractivity contribution < 1.29 is 18.7 Å². The number of carbonyl (C=O) groups excluding carboxylic acids is 1. The summed E-state index contributed by atoms with van der Waals surface area (Å²) in [6.45, 7) is 8.31. The number of carbonyl (C=O) groups is 1. The van der Waals surface area contributed by atoms with Gasteiger partial charge in [0.2, 0.25) is 5.95 Å². The predicted molar refractivity (Wildman–Crippen MR) is 158 cm³/mol. The highest BCUT2D eigenvalue weighted by atomic mass is 19.1. The molecule has 6 rings (SSSR count). The van der Waals surface area contributed by atoms with Gasteiger partial charge in [0.05, 0.1) is 12.1 Å². The molecule has 0 unspecified atom stereocenters. The van der Waals surface area contributed by atoms with Gasteiger partial charge in [0, 0.05) is 59.6 Å². The third kappa shape index (κ3) is 4.77. The fourth-order valence-electron chi connectivity index (χ4n) is 7.11. The Balaban J connectivity index is 1.41. The van der Waals surface area contributed by atoms with Crippen LogP contribution in [0.25, 0.3) is 11.1 Å². The Morgan fingerprint density at radius 3 is 2.43 bits per heavy atom. The first-order chi connectivity index (χ1) is 20.0. The van der Waals surface area contributed by atoms with Gasteiger partial charge >= 0.3 is 0 Å². The minimum atomic E-state index is -0.883. The van der Waals surface area contributed by atoms with Crippen molar-refractivity contribution in [3.8, 4) is 22.6 Å². The van der Waals surface area contributed by atoms with Crippen LogP contribution in [-0.4, -0.2) is 58.1 Å². The molecule has 1 atom stereocenters. The molecule has 1 N–H and O–H groups in total. The Kier molecular flexibility index (Phi) is 7.12. The van der Waals surface area contributed by atoms with Crippen LogP contribution in [0.5, 0.6) is 11.5 Å². The van der Waals surface area contributed by atoms with Gasteiger partial charge in [-0.2, -0.15) is 4.39 Å². The molecule has 2 aliphatic heterocycles. The lowest BCUT2D eigenvalue weighted by Crippen LogP contribution is -2.46. The molecule has 0 radical (unpaired) electrons. The number of halogens is 1. The zero-order valence-electron chi connectivity index (χ0n) is 25.3. The quantitative estimate of drug-likeness (QED) is 0.416. The van der Waals surface area contributed by atoms with E-state index in [2.05, 4.69) is 29.0 Å². The van der Waals surface area contributed by atoms with Crippen molar-refractivity contribution in [3.05, 3.63) is 74.2 Å². The molecule has 1 amide bonds. The van der Waals surface area contributed by atoms with E-state index in [1.165, 1.54) is 12.3 Å². The van der Waals surface area contributed by atoms with Crippen molar-refractivity contribution >= 4 is 5.91 Å². The molecule has 222 valence electrons. The number of hydrogen-bond acceptors (Lipinski definition) is 6. The van der Waals surface area contributed by atoms with E-state index in [1.54, 1.807) is 11.0 Å². The van der Waals surface area contributed by atoms with Gasteiger partial charge in [-0.05, 0) is 96.3 Å². The zero-order valence-corrected chi connectivity index (χ0v) is 25.3. The molecule has 3 aliphatic rings. The van der Waals surface area contributed by atoms with Gasteiger partial charge in [0.15, 0.2) is 11.5 Å². The summed E-state index contributed by atoms with van der Waals surface area (Å²) in [5.41, 5.74) is 5.61. The minimum Gasteiger partial charge on any atom is -0.448 e. The molecule has 1 aromatic carbocycles. The molecule has 8 nitrogen and oxygen atoms in total. The SMILES string of the molecule is Cc1cc(C)c(CN2CCc3c(c(C)c4c(c3-c3ccc(F)nc3)O[C@@](C)(C3CCC(N(C)C)CC3)O4)C2=O)c(=O)[nH]1. The Morgan fingerprint density at radius 1 is 1.07 bits per heavy atom. The van der Waals surface area contributed by atoms with E-state index in [1.807, 2.05) is 33.8 Å². The number of H-pyrrole nitrogens is 1. The maximum Gasteiger partial charge on any atom is 0.254 e. The third-order valence-corrected chi connectivity index (χ3v) is 9.52. The molecule has 0 spiro atoms. The number of aromatic nitrogens is 2. The summed E-state index contributed by atoms with van der Waals surface area (Å²) in [5.74, 6) is -0.270. The number of benzene rings is 1. The van der Waals surface area contributed by atoms with Crippen molar-refractivity contribution in [1.29, 1.82) is 0 Å². The average molecular weight is 575 g/mol. The fourth-order valence-corrected chi connectivity index (χ4v) is 7.11. The Bertz CT molecular complexity index is 1610. The number of pyridine rings is 2. The van der Waals surface area contributed by atoms with Gasteiger partial charge in [-0.25, -0.2) is 4.98 Å². The molecule has 2 aromatic heterocycles. The lowest BCUT2D eigenvalue weighted by molar-refractivity contribution is -0.123. The molecule has 0 saturated heterocycles. The van der Waals surface area contributed by atoms with Crippen molar-refractivity contribution in [2.75, 3.05) is 20.6 Å². The number of amides is 1. The summed E-state index contributed by atoms with van der Waals surface area (Å²) >= 11 is 0. The average Bonchev–Trinajstić information content (AvgIpc) is 3.31. The van der Waals surface area contributed by atoms with Gasteiger partial charge in [0.1, 0.15) is 0 Å². The van der Waals surface area contributed by atoms with Crippen LogP contribution >= 0.6 is 0 Å². The molecular weight excluding hydrogens is 535 g/mol. The monoisotopic (exact) mass is 574 g/mol. The van der Waals surface area contributed by atoms with Crippen LogP contribution in [0.3, 0.4) is 0 Å². The molecule has 3 aromatic rings. The highest BCUT2D eigenvalue weighted by molar-refractivity contribution is 6.02. The maximum atomic E-state index is 14.2. The van der Waals surface area contributed by atoms with Gasteiger partial charge in [-0.15, -0.1) is 0 Å². The van der Waals surface area contributed by atoms with E-state index in [0.717, 1.165) is 53.6 Å². The molecule has 4 heterocycles. The van der Waals surface area contributed by atoms with Crippen LogP contribution in [-0.2, 0) is 13.0 Å². The van der Waals surface area contributed by atoms with E-state index in [-0.39, 0.29) is 23.9 Å². The summed E-state index contributed by atoms with van der Waals surface area (Å²) < 4.78 is 27.4. The van der Waals surface area contributed by atoms with Crippen molar-refractivity contribution in [2.24, 2.45) is 5.92 Å². The number of rotatable bonds is 5. The van der Waals surface area contributed by atoms with Gasteiger partial charge in [-0.3, -0.25) is 9.59 Å².